The normalized spacial score (nSPS) is 14.3. The van der Waals surface area contributed by atoms with Crippen LogP contribution in [-0.4, -0.2) is 6.10 Å². The Morgan fingerprint density at radius 3 is 2.07 bits per heavy atom. The Labute approximate surface area is 94.5 Å². The van der Waals surface area contributed by atoms with Crippen LogP contribution in [0.3, 0.4) is 0 Å². The minimum atomic E-state index is 0.107. The molecule has 0 rings (SSSR count). The standard InChI is InChI=1S/C14H24O/c1-8-12(14(5,6)7)10-13(9-2)15-11(3)4/h8-11H,1H2,2-7H3/b12-10+,13-9+. The van der Waals surface area contributed by atoms with Crippen molar-refractivity contribution in [3.8, 4) is 0 Å². The van der Waals surface area contributed by atoms with Crippen LogP contribution in [-0.2, 0) is 4.74 Å². The highest BCUT2D eigenvalue weighted by molar-refractivity contribution is 5.30. The van der Waals surface area contributed by atoms with E-state index >= 15 is 0 Å². The first-order valence-electron chi connectivity index (χ1n) is 5.48. The summed E-state index contributed by atoms with van der Waals surface area (Å²) in [6.45, 7) is 16.4. The van der Waals surface area contributed by atoms with E-state index in [0.717, 1.165) is 5.76 Å². The van der Waals surface area contributed by atoms with Crippen LogP contribution in [0.25, 0.3) is 0 Å². The largest absolute Gasteiger partial charge is 0.491 e. The van der Waals surface area contributed by atoms with Crippen LogP contribution in [0.1, 0.15) is 41.5 Å². The summed E-state index contributed by atoms with van der Waals surface area (Å²) < 4.78 is 5.66. The van der Waals surface area contributed by atoms with E-state index < -0.39 is 0 Å². The number of allylic oxidation sites excluding steroid dienone is 4. The third-order valence-electron chi connectivity index (χ3n) is 2.04. The van der Waals surface area contributed by atoms with Crippen LogP contribution in [0.5, 0.6) is 0 Å². The van der Waals surface area contributed by atoms with Gasteiger partial charge in [0.1, 0.15) is 5.76 Å². The van der Waals surface area contributed by atoms with Gasteiger partial charge in [-0.15, -0.1) is 0 Å². The van der Waals surface area contributed by atoms with Crippen molar-refractivity contribution in [1.29, 1.82) is 0 Å². The Bertz CT molecular complexity index is 262. The third-order valence-corrected chi connectivity index (χ3v) is 2.04. The monoisotopic (exact) mass is 208 g/mol. The molecule has 0 fully saturated rings. The SMILES string of the molecule is C=C/C(=C\C(=C/C)OC(C)C)C(C)(C)C. The molecular formula is C14H24O. The fraction of sp³-hybridized carbons (Fsp3) is 0.571. The molecule has 0 saturated carbocycles. The van der Waals surface area contributed by atoms with Gasteiger partial charge in [-0.3, -0.25) is 0 Å². The summed E-state index contributed by atoms with van der Waals surface area (Å²) in [5, 5.41) is 0. The summed E-state index contributed by atoms with van der Waals surface area (Å²) in [6.07, 6.45) is 6.15. The summed E-state index contributed by atoms with van der Waals surface area (Å²) in [4.78, 5) is 0. The molecule has 0 amide bonds. The molecule has 0 aromatic carbocycles. The van der Waals surface area contributed by atoms with E-state index in [-0.39, 0.29) is 11.5 Å². The first kappa shape index (κ1) is 14.0. The van der Waals surface area contributed by atoms with Crippen molar-refractivity contribution in [2.24, 2.45) is 5.41 Å². The van der Waals surface area contributed by atoms with Crippen molar-refractivity contribution in [1.82, 2.24) is 0 Å². The van der Waals surface area contributed by atoms with Crippen LogP contribution in [0.4, 0.5) is 0 Å². The maximum Gasteiger partial charge on any atom is 0.115 e. The van der Waals surface area contributed by atoms with Crippen molar-refractivity contribution in [3.63, 3.8) is 0 Å². The first-order chi connectivity index (χ1) is 6.81. The minimum absolute atomic E-state index is 0.107. The molecular weight excluding hydrogens is 184 g/mol. The molecule has 1 nitrogen and oxygen atoms in total. The molecule has 0 spiro atoms. The Kier molecular flexibility index (Phi) is 5.41. The van der Waals surface area contributed by atoms with E-state index in [1.807, 2.05) is 32.9 Å². The number of ether oxygens (including phenoxy) is 1. The summed E-state index contributed by atoms with van der Waals surface area (Å²) in [5.74, 6) is 0.912. The van der Waals surface area contributed by atoms with Gasteiger partial charge in [0, 0.05) is 0 Å². The lowest BCUT2D eigenvalue weighted by Crippen LogP contribution is -2.09. The topological polar surface area (TPSA) is 9.23 Å². The minimum Gasteiger partial charge on any atom is -0.491 e. The first-order valence-corrected chi connectivity index (χ1v) is 5.48. The van der Waals surface area contributed by atoms with E-state index in [2.05, 4.69) is 33.4 Å². The number of hydrogen-bond acceptors (Lipinski definition) is 1. The molecule has 0 bridgehead atoms. The predicted octanol–water partition coefficient (Wildman–Crippen LogP) is 4.47. The molecule has 0 aliphatic heterocycles. The molecule has 86 valence electrons. The second-order valence-corrected chi connectivity index (χ2v) is 4.91. The van der Waals surface area contributed by atoms with Crippen LogP contribution in [0.2, 0.25) is 0 Å². The average molecular weight is 208 g/mol. The van der Waals surface area contributed by atoms with Crippen molar-refractivity contribution in [2.75, 3.05) is 0 Å². The van der Waals surface area contributed by atoms with Gasteiger partial charge < -0.3 is 4.74 Å². The summed E-state index contributed by atoms with van der Waals surface area (Å²) in [6, 6.07) is 0. The van der Waals surface area contributed by atoms with Crippen LogP contribution >= 0.6 is 0 Å². The zero-order chi connectivity index (χ0) is 12.1. The Balaban J connectivity index is 4.89. The molecule has 1 heteroatoms. The quantitative estimate of drug-likeness (QED) is 0.489. The van der Waals surface area contributed by atoms with Gasteiger partial charge >= 0.3 is 0 Å². The van der Waals surface area contributed by atoms with E-state index in [4.69, 9.17) is 4.74 Å². The van der Waals surface area contributed by atoms with Crippen molar-refractivity contribution in [3.05, 3.63) is 36.1 Å². The van der Waals surface area contributed by atoms with Gasteiger partial charge in [0.15, 0.2) is 0 Å². The molecule has 0 aromatic heterocycles. The molecule has 0 atom stereocenters. The smallest absolute Gasteiger partial charge is 0.115 e. The fourth-order valence-corrected chi connectivity index (χ4v) is 1.19. The average Bonchev–Trinajstić information content (AvgIpc) is 2.09. The molecule has 0 saturated heterocycles. The second-order valence-electron chi connectivity index (χ2n) is 4.91. The highest BCUT2D eigenvalue weighted by Crippen LogP contribution is 2.27. The molecule has 0 aliphatic carbocycles. The molecule has 0 radical (unpaired) electrons. The molecule has 0 aromatic rings. The fourth-order valence-electron chi connectivity index (χ4n) is 1.19. The van der Waals surface area contributed by atoms with E-state index in [1.165, 1.54) is 5.57 Å². The maximum absolute atomic E-state index is 5.66. The summed E-state index contributed by atoms with van der Waals surface area (Å²) >= 11 is 0. The molecule has 15 heavy (non-hydrogen) atoms. The summed E-state index contributed by atoms with van der Waals surface area (Å²) in [7, 11) is 0. The van der Waals surface area contributed by atoms with E-state index in [9.17, 15) is 0 Å². The van der Waals surface area contributed by atoms with Crippen molar-refractivity contribution >= 4 is 0 Å². The molecule has 0 unspecified atom stereocenters. The Morgan fingerprint density at radius 1 is 1.27 bits per heavy atom. The number of rotatable bonds is 4. The van der Waals surface area contributed by atoms with Crippen LogP contribution in [0.15, 0.2) is 36.1 Å². The molecule has 0 N–H and O–H groups in total. The lowest BCUT2D eigenvalue weighted by molar-refractivity contribution is 0.157. The second kappa shape index (κ2) is 5.79. The Hall–Kier alpha value is -0.980. The van der Waals surface area contributed by atoms with Gasteiger partial charge in [0.05, 0.1) is 6.10 Å². The third kappa shape index (κ3) is 5.46. The molecule has 0 aliphatic rings. The highest BCUT2D eigenvalue weighted by atomic mass is 16.5. The van der Waals surface area contributed by atoms with Gasteiger partial charge in [-0.05, 0) is 43.9 Å². The maximum atomic E-state index is 5.66. The lowest BCUT2D eigenvalue weighted by Gasteiger charge is -2.21. The van der Waals surface area contributed by atoms with Gasteiger partial charge in [-0.25, -0.2) is 0 Å². The van der Waals surface area contributed by atoms with Gasteiger partial charge in [0.25, 0.3) is 0 Å². The Morgan fingerprint density at radius 2 is 1.80 bits per heavy atom. The van der Waals surface area contributed by atoms with Gasteiger partial charge in [-0.1, -0.05) is 33.4 Å². The lowest BCUT2D eigenvalue weighted by atomic mass is 9.86. The predicted molar refractivity (Wildman–Crippen MR) is 67.7 cm³/mol. The van der Waals surface area contributed by atoms with E-state index in [1.54, 1.807) is 0 Å². The highest BCUT2D eigenvalue weighted by Gasteiger charge is 2.14. The zero-order valence-corrected chi connectivity index (χ0v) is 10.9. The van der Waals surface area contributed by atoms with Gasteiger partial charge in [0.2, 0.25) is 0 Å². The number of hydrogen-bond donors (Lipinski definition) is 0. The molecule has 0 heterocycles. The van der Waals surface area contributed by atoms with Crippen LogP contribution < -0.4 is 0 Å². The van der Waals surface area contributed by atoms with Crippen molar-refractivity contribution < 1.29 is 4.74 Å². The van der Waals surface area contributed by atoms with E-state index in [0.29, 0.717) is 0 Å². The zero-order valence-electron chi connectivity index (χ0n) is 10.9. The van der Waals surface area contributed by atoms with Crippen LogP contribution in [0, 0.1) is 5.41 Å². The summed E-state index contributed by atoms with van der Waals surface area (Å²) in [5.41, 5.74) is 1.30. The van der Waals surface area contributed by atoms with Gasteiger partial charge in [-0.2, -0.15) is 0 Å². The van der Waals surface area contributed by atoms with Crippen molar-refractivity contribution in [2.45, 2.75) is 47.6 Å².